The molecule has 0 saturated heterocycles. The second-order valence-electron chi connectivity index (χ2n) is 3.94. The quantitative estimate of drug-likeness (QED) is 0.785. The van der Waals surface area contributed by atoms with Gasteiger partial charge < -0.3 is 10.2 Å². The van der Waals surface area contributed by atoms with E-state index in [1.807, 2.05) is 19.9 Å². The summed E-state index contributed by atoms with van der Waals surface area (Å²) in [6.07, 6.45) is 2.29. The molecule has 0 aromatic heterocycles. The van der Waals surface area contributed by atoms with Gasteiger partial charge in [-0.1, -0.05) is 23.8 Å². The minimum absolute atomic E-state index is 0.127. The molecule has 0 radical (unpaired) electrons. The van der Waals surface area contributed by atoms with Crippen molar-refractivity contribution >= 4 is 11.9 Å². The highest BCUT2D eigenvalue weighted by molar-refractivity contribution is 6.02. The van der Waals surface area contributed by atoms with Crippen molar-refractivity contribution < 1.29 is 19.8 Å². The minimum Gasteiger partial charge on any atom is -0.478 e. The highest BCUT2D eigenvalue weighted by Gasteiger charge is 2.18. The van der Waals surface area contributed by atoms with Crippen LogP contribution in [0.1, 0.15) is 40.1 Å². The van der Waals surface area contributed by atoms with E-state index in [0.717, 1.165) is 5.57 Å². The third kappa shape index (κ3) is 3.17. The van der Waals surface area contributed by atoms with Crippen LogP contribution >= 0.6 is 0 Å². The molecule has 90 valence electrons. The molecule has 1 aromatic rings. The first-order valence-corrected chi connectivity index (χ1v) is 5.15. The van der Waals surface area contributed by atoms with Crippen LogP contribution in [0.2, 0.25) is 0 Å². The lowest BCUT2D eigenvalue weighted by Gasteiger charge is -2.07. The standard InChI is InChI=1S/C13H14O4/c1-8(2)6-7-9-4-3-5-10(12(14)15)11(9)13(16)17/h3-6H,7H2,1-2H3,(H,14,15)(H,16,17). The molecule has 0 fully saturated rings. The van der Waals surface area contributed by atoms with E-state index >= 15 is 0 Å². The molecule has 0 bridgehead atoms. The smallest absolute Gasteiger partial charge is 0.336 e. The summed E-state index contributed by atoms with van der Waals surface area (Å²) in [7, 11) is 0. The summed E-state index contributed by atoms with van der Waals surface area (Å²) in [5.41, 5.74) is 1.27. The van der Waals surface area contributed by atoms with Crippen LogP contribution in [0.25, 0.3) is 0 Å². The Kier molecular flexibility index (Phi) is 4.04. The van der Waals surface area contributed by atoms with Crippen molar-refractivity contribution in [3.8, 4) is 0 Å². The zero-order valence-electron chi connectivity index (χ0n) is 9.73. The Morgan fingerprint density at radius 3 is 2.29 bits per heavy atom. The lowest BCUT2D eigenvalue weighted by molar-refractivity contribution is 0.0650. The number of allylic oxidation sites excluding steroid dienone is 2. The molecule has 0 aliphatic carbocycles. The van der Waals surface area contributed by atoms with Crippen molar-refractivity contribution in [2.24, 2.45) is 0 Å². The molecule has 1 rings (SSSR count). The zero-order chi connectivity index (χ0) is 13.0. The first-order valence-electron chi connectivity index (χ1n) is 5.15. The van der Waals surface area contributed by atoms with Gasteiger partial charge in [-0.2, -0.15) is 0 Å². The van der Waals surface area contributed by atoms with Crippen molar-refractivity contribution in [1.29, 1.82) is 0 Å². The molecule has 0 unspecified atom stereocenters. The van der Waals surface area contributed by atoms with Gasteiger partial charge in [0.1, 0.15) is 0 Å². The van der Waals surface area contributed by atoms with Gasteiger partial charge in [-0.15, -0.1) is 0 Å². The Balaban J connectivity index is 3.30. The summed E-state index contributed by atoms with van der Waals surface area (Å²) in [4.78, 5) is 22.0. The van der Waals surface area contributed by atoms with E-state index in [4.69, 9.17) is 10.2 Å². The Labute approximate surface area is 99.2 Å². The van der Waals surface area contributed by atoms with E-state index in [1.165, 1.54) is 6.07 Å². The maximum atomic E-state index is 11.1. The largest absolute Gasteiger partial charge is 0.478 e. The topological polar surface area (TPSA) is 74.6 Å². The third-order valence-corrected chi connectivity index (χ3v) is 2.33. The Hall–Kier alpha value is -2.10. The molecule has 0 atom stereocenters. The highest BCUT2D eigenvalue weighted by atomic mass is 16.4. The number of carbonyl (C=O) groups is 2. The fourth-order valence-corrected chi connectivity index (χ4v) is 1.52. The van der Waals surface area contributed by atoms with Gasteiger partial charge >= 0.3 is 11.9 Å². The molecule has 1 aromatic carbocycles. The maximum absolute atomic E-state index is 11.1. The third-order valence-electron chi connectivity index (χ3n) is 2.33. The van der Waals surface area contributed by atoms with Gasteiger partial charge in [0.25, 0.3) is 0 Å². The van der Waals surface area contributed by atoms with Gasteiger partial charge in [0.05, 0.1) is 11.1 Å². The average Bonchev–Trinajstić information content (AvgIpc) is 2.25. The van der Waals surface area contributed by atoms with E-state index in [9.17, 15) is 9.59 Å². The van der Waals surface area contributed by atoms with Gasteiger partial charge in [0, 0.05) is 0 Å². The summed E-state index contributed by atoms with van der Waals surface area (Å²) >= 11 is 0. The number of carboxylic acid groups (broad SMARTS) is 2. The van der Waals surface area contributed by atoms with Gasteiger partial charge in [0.15, 0.2) is 0 Å². The Bertz CT molecular complexity index is 482. The molecular formula is C13H14O4. The van der Waals surface area contributed by atoms with Crippen LogP contribution in [0.3, 0.4) is 0 Å². The molecule has 17 heavy (non-hydrogen) atoms. The molecule has 0 aliphatic rings. The predicted octanol–water partition coefficient (Wildman–Crippen LogP) is 2.59. The van der Waals surface area contributed by atoms with E-state index in [-0.39, 0.29) is 11.1 Å². The zero-order valence-corrected chi connectivity index (χ0v) is 9.73. The van der Waals surface area contributed by atoms with E-state index < -0.39 is 11.9 Å². The predicted molar refractivity (Wildman–Crippen MR) is 63.5 cm³/mol. The van der Waals surface area contributed by atoms with Crippen molar-refractivity contribution in [3.63, 3.8) is 0 Å². The van der Waals surface area contributed by atoms with Crippen LogP contribution in [0.4, 0.5) is 0 Å². The molecule has 0 heterocycles. The first-order chi connectivity index (χ1) is 7.93. The Morgan fingerprint density at radius 1 is 1.18 bits per heavy atom. The molecule has 0 aliphatic heterocycles. The molecule has 4 heteroatoms. The van der Waals surface area contributed by atoms with E-state index in [1.54, 1.807) is 12.1 Å². The van der Waals surface area contributed by atoms with Gasteiger partial charge in [-0.25, -0.2) is 9.59 Å². The molecular weight excluding hydrogens is 220 g/mol. The van der Waals surface area contributed by atoms with Crippen molar-refractivity contribution in [1.82, 2.24) is 0 Å². The van der Waals surface area contributed by atoms with Crippen LogP contribution in [-0.4, -0.2) is 22.2 Å². The summed E-state index contributed by atoms with van der Waals surface area (Å²) in [6.45, 7) is 3.81. The van der Waals surface area contributed by atoms with Gasteiger partial charge in [-0.3, -0.25) is 0 Å². The second kappa shape index (κ2) is 5.30. The van der Waals surface area contributed by atoms with Crippen LogP contribution < -0.4 is 0 Å². The summed E-state index contributed by atoms with van der Waals surface area (Å²) < 4.78 is 0. The lowest BCUT2D eigenvalue weighted by atomic mass is 9.98. The second-order valence-corrected chi connectivity index (χ2v) is 3.94. The fourth-order valence-electron chi connectivity index (χ4n) is 1.52. The monoisotopic (exact) mass is 234 g/mol. The van der Waals surface area contributed by atoms with Crippen LogP contribution in [0.5, 0.6) is 0 Å². The molecule has 4 nitrogen and oxygen atoms in total. The lowest BCUT2D eigenvalue weighted by Crippen LogP contribution is -2.11. The molecule has 0 amide bonds. The normalized spacial score (nSPS) is 9.76. The number of aromatic carboxylic acids is 2. The van der Waals surface area contributed by atoms with E-state index in [0.29, 0.717) is 12.0 Å². The highest BCUT2D eigenvalue weighted by Crippen LogP contribution is 2.17. The fraction of sp³-hybridized carbons (Fsp3) is 0.231. The van der Waals surface area contributed by atoms with Crippen molar-refractivity contribution in [3.05, 3.63) is 46.5 Å². The summed E-state index contributed by atoms with van der Waals surface area (Å²) in [5.74, 6) is -2.43. The van der Waals surface area contributed by atoms with Gasteiger partial charge in [-0.05, 0) is 31.9 Å². The van der Waals surface area contributed by atoms with E-state index in [2.05, 4.69) is 0 Å². The number of carboxylic acids is 2. The van der Waals surface area contributed by atoms with Crippen molar-refractivity contribution in [2.45, 2.75) is 20.3 Å². The van der Waals surface area contributed by atoms with Crippen LogP contribution in [0, 0.1) is 0 Å². The minimum atomic E-state index is -1.22. The molecule has 2 N–H and O–H groups in total. The SMILES string of the molecule is CC(C)=CCc1cccc(C(=O)O)c1C(=O)O. The summed E-state index contributed by atoms with van der Waals surface area (Å²) in [6, 6.07) is 4.50. The molecule has 0 saturated carbocycles. The number of hydrogen-bond acceptors (Lipinski definition) is 2. The first kappa shape index (κ1) is 13.0. The number of benzene rings is 1. The van der Waals surface area contributed by atoms with Crippen LogP contribution in [0.15, 0.2) is 29.8 Å². The van der Waals surface area contributed by atoms with Crippen LogP contribution in [-0.2, 0) is 6.42 Å². The maximum Gasteiger partial charge on any atom is 0.336 e. The number of rotatable bonds is 4. The van der Waals surface area contributed by atoms with Gasteiger partial charge in [0.2, 0.25) is 0 Å². The number of hydrogen-bond donors (Lipinski definition) is 2. The average molecular weight is 234 g/mol. The summed E-state index contributed by atoms with van der Waals surface area (Å²) in [5, 5.41) is 18.0. The van der Waals surface area contributed by atoms with Crippen molar-refractivity contribution in [2.75, 3.05) is 0 Å². The molecule has 0 spiro atoms. The Morgan fingerprint density at radius 2 is 1.82 bits per heavy atom.